The van der Waals surface area contributed by atoms with Gasteiger partial charge in [0.2, 0.25) is 4.80 Å². The van der Waals surface area contributed by atoms with Crippen LogP contribution in [0.5, 0.6) is 0 Å². The fourth-order valence-electron chi connectivity index (χ4n) is 2.59. The summed E-state index contributed by atoms with van der Waals surface area (Å²) in [5, 5.41) is 31.9. The summed E-state index contributed by atoms with van der Waals surface area (Å²) in [4.78, 5) is 21.6. The second-order valence-electron chi connectivity index (χ2n) is 5.65. The number of nitrogens with zero attached hydrogens (tertiary/aromatic N) is 5. The van der Waals surface area contributed by atoms with Gasteiger partial charge in [0.05, 0.1) is 21.8 Å². The zero-order chi connectivity index (χ0) is 20.1. The molecule has 9 nitrogen and oxygen atoms in total. The van der Waals surface area contributed by atoms with E-state index >= 15 is 0 Å². The van der Waals surface area contributed by atoms with Gasteiger partial charge in [-0.25, -0.2) is 0 Å². The first-order chi connectivity index (χ1) is 13.5. The molecule has 2 aromatic carbocycles. The number of benzene rings is 2. The minimum atomic E-state index is -0.468. The summed E-state index contributed by atoms with van der Waals surface area (Å²) < 4.78 is 1.90. The average molecular weight is 397 g/mol. The van der Waals surface area contributed by atoms with E-state index in [1.807, 2.05) is 16.9 Å². The highest BCUT2D eigenvalue weighted by Crippen LogP contribution is 2.24. The van der Waals surface area contributed by atoms with E-state index in [4.69, 9.17) is 0 Å². The summed E-state index contributed by atoms with van der Waals surface area (Å²) in [5.74, 6) is 0. The molecule has 0 N–H and O–H groups in total. The van der Waals surface area contributed by atoms with Crippen LogP contribution in [0.3, 0.4) is 0 Å². The van der Waals surface area contributed by atoms with Gasteiger partial charge in [0.25, 0.3) is 11.4 Å². The van der Waals surface area contributed by atoms with Crippen molar-refractivity contribution in [2.24, 2.45) is 10.2 Å². The lowest BCUT2D eigenvalue weighted by molar-refractivity contribution is -0.385. The Morgan fingerprint density at radius 1 is 1.07 bits per heavy atom. The lowest BCUT2D eigenvalue weighted by atomic mass is 10.1. The van der Waals surface area contributed by atoms with Crippen molar-refractivity contribution in [3.05, 3.63) is 84.5 Å². The standard InChI is InChI=1S/C18H15N5O4S/c1-2-21-17(14-6-4-8-16(10-14)23(26)27)12-28-18(21)20-19-11-13-5-3-7-15(9-13)22(24)25/h3-12H,2H2,1H3/b19-11-,20-18-. The van der Waals surface area contributed by atoms with Crippen LogP contribution in [0.25, 0.3) is 11.3 Å². The molecule has 0 aliphatic heterocycles. The van der Waals surface area contributed by atoms with Crippen molar-refractivity contribution in [1.29, 1.82) is 0 Å². The molecule has 1 heterocycles. The van der Waals surface area contributed by atoms with Crippen molar-refractivity contribution in [1.82, 2.24) is 4.57 Å². The monoisotopic (exact) mass is 397 g/mol. The molecule has 0 fully saturated rings. The second kappa shape index (κ2) is 8.35. The highest BCUT2D eigenvalue weighted by atomic mass is 32.1. The van der Waals surface area contributed by atoms with Crippen LogP contribution in [0.1, 0.15) is 12.5 Å². The quantitative estimate of drug-likeness (QED) is 0.355. The van der Waals surface area contributed by atoms with Gasteiger partial charge in [-0.05, 0) is 6.92 Å². The molecule has 142 valence electrons. The van der Waals surface area contributed by atoms with Gasteiger partial charge in [0.15, 0.2) is 0 Å². The molecule has 0 aliphatic rings. The van der Waals surface area contributed by atoms with Crippen LogP contribution in [0.2, 0.25) is 0 Å². The molecule has 3 aromatic rings. The van der Waals surface area contributed by atoms with Crippen LogP contribution in [-0.4, -0.2) is 20.6 Å². The summed E-state index contributed by atoms with van der Waals surface area (Å²) in [5.41, 5.74) is 2.10. The van der Waals surface area contributed by atoms with E-state index in [9.17, 15) is 20.2 Å². The highest BCUT2D eigenvalue weighted by Gasteiger charge is 2.11. The first kappa shape index (κ1) is 19.1. The normalized spacial score (nSPS) is 11.8. The first-order valence-corrected chi connectivity index (χ1v) is 9.12. The highest BCUT2D eigenvalue weighted by molar-refractivity contribution is 7.07. The van der Waals surface area contributed by atoms with Crippen LogP contribution in [0.4, 0.5) is 11.4 Å². The maximum atomic E-state index is 11.0. The molecule has 10 heteroatoms. The third-order valence-corrected chi connectivity index (χ3v) is 4.75. The fourth-order valence-corrected chi connectivity index (χ4v) is 3.52. The van der Waals surface area contributed by atoms with E-state index in [1.165, 1.54) is 41.8 Å². The zero-order valence-electron chi connectivity index (χ0n) is 14.8. The largest absolute Gasteiger partial charge is 0.315 e. The van der Waals surface area contributed by atoms with E-state index in [0.29, 0.717) is 16.9 Å². The molecule has 0 saturated heterocycles. The molecule has 0 bridgehead atoms. The number of nitro benzene ring substituents is 2. The van der Waals surface area contributed by atoms with Crippen LogP contribution in [0.15, 0.2) is 64.1 Å². The molecule has 1 aromatic heterocycles. The lowest BCUT2D eigenvalue weighted by Crippen LogP contribution is -2.14. The molecule has 0 saturated carbocycles. The van der Waals surface area contributed by atoms with Gasteiger partial charge in [-0.3, -0.25) is 20.2 Å². The Hall–Kier alpha value is -3.66. The Bertz CT molecular complexity index is 1130. The molecular formula is C18H15N5O4S. The molecule has 0 amide bonds. The lowest BCUT2D eigenvalue weighted by Gasteiger charge is -2.05. The topological polar surface area (TPSA) is 116 Å². The molecule has 0 spiro atoms. The van der Waals surface area contributed by atoms with Crippen LogP contribution in [0, 0.1) is 20.2 Å². The third-order valence-electron chi connectivity index (χ3n) is 3.90. The van der Waals surface area contributed by atoms with E-state index in [0.717, 1.165) is 11.3 Å². The summed E-state index contributed by atoms with van der Waals surface area (Å²) in [7, 11) is 0. The van der Waals surface area contributed by atoms with Crippen molar-refractivity contribution in [2.45, 2.75) is 13.5 Å². The molecule has 0 aliphatic carbocycles. The number of rotatable bonds is 6. The van der Waals surface area contributed by atoms with E-state index in [2.05, 4.69) is 10.2 Å². The molecule has 0 unspecified atom stereocenters. The minimum absolute atomic E-state index is 0.0170. The summed E-state index contributed by atoms with van der Waals surface area (Å²) >= 11 is 1.36. The van der Waals surface area contributed by atoms with Gasteiger partial charge in [-0.15, -0.1) is 16.4 Å². The predicted octanol–water partition coefficient (Wildman–Crippen LogP) is 3.99. The number of nitro groups is 2. The number of aromatic nitrogens is 1. The average Bonchev–Trinajstić information content (AvgIpc) is 3.11. The van der Waals surface area contributed by atoms with Gasteiger partial charge in [-0.1, -0.05) is 24.3 Å². The maximum absolute atomic E-state index is 11.0. The van der Waals surface area contributed by atoms with Gasteiger partial charge in [0.1, 0.15) is 0 Å². The number of thiazole rings is 1. The van der Waals surface area contributed by atoms with Crippen molar-refractivity contribution in [2.75, 3.05) is 0 Å². The fraction of sp³-hybridized carbons (Fsp3) is 0.111. The summed E-state index contributed by atoms with van der Waals surface area (Å²) in [6.45, 7) is 2.55. The molecule has 0 radical (unpaired) electrons. The molecular weight excluding hydrogens is 382 g/mol. The van der Waals surface area contributed by atoms with Crippen molar-refractivity contribution >= 4 is 28.9 Å². The van der Waals surface area contributed by atoms with Gasteiger partial charge >= 0.3 is 0 Å². The van der Waals surface area contributed by atoms with Crippen LogP contribution < -0.4 is 4.80 Å². The Kier molecular flexibility index (Phi) is 5.70. The molecule has 28 heavy (non-hydrogen) atoms. The van der Waals surface area contributed by atoms with Crippen molar-refractivity contribution in [3.63, 3.8) is 0 Å². The van der Waals surface area contributed by atoms with E-state index in [1.54, 1.807) is 24.3 Å². The number of hydrogen-bond acceptors (Lipinski definition) is 7. The molecule has 3 rings (SSSR count). The Labute approximate surface area is 163 Å². The Morgan fingerprint density at radius 3 is 2.43 bits per heavy atom. The summed E-state index contributed by atoms with van der Waals surface area (Å²) in [6, 6.07) is 12.5. The summed E-state index contributed by atoms with van der Waals surface area (Å²) in [6.07, 6.45) is 1.44. The van der Waals surface area contributed by atoms with Crippen LogP contribution >= 0.6 is 11.3 Å². The second-order valence-corrected chi connectivity index (χ2v) is 6.49. The first-order valence-electron chi connectivity index (χ1n) is 8.24. The van der Waals surface area contributed by atoms with E-state index in [-0.39, 0.29) is 11.4 Å². The van der Waals surface area contributed by atoms with Crippen LogP contribution in [-0.2, 0) is 6.54 Å². The van der Waals surface area contributed by atoms with Gasteiger partial charge in [0, 0.05) is 47.3 Å². The number of hydrogen-bond donors (Lipinski definition) is 0. The zero-order valence-corrected chi connectivity index (χ0v) is 15.6. The van der Waals surface area contributed by atoms with Gasteiger partial charge < -0.3 is 4.57 Å². The SMILES string of the molecule is CCn1c(-c2cccc([N+](=O)[O-])c2)cs/c1=N\N=C/c1cccc([N+](=O)[O-])c1. The third kappa shape index (κ3) is 4.18. The maximum Gasteiger partial charge on any atom is 0.270 e. The van der Waals surface area contributed by atoms with E-state index < -0.39 is 9.85 Å². The predicted molar refractivity (Wildman–Crippen MR) is 106 cm³/mol. The van der Waals surface area contributed by atoms with Gasteiger partial charge in [-0.2, -0.15) is 5.10 Å². The Balaban J connectivity index is 1.94. The minimum Gasteiger partial charge on any atom is -0.315 e. The van der Waals surface area contributed by atoms with Crippen molar-refractivity contribution in [3.8, 4) is 11.3 Å². The number of non-ortho nitro benzene ring substituents is 2. The molecule has 0 atom stereocenters. The van der Waals surface area contributed by atoms with Crippen molar-refractivity contribution < 1.29 is 9.85 Å². The Morgan fingerprint density at radius 2 is 1.75 bits per heavy atom. The smallest absolute Gasteiger partial charge is 0.270 e.